The van der Waals surface area contributed by atoms with Crippen LogP contribution in [-0.2, 0) is 0 Å². The van der Waals surface area contributed by atoms with Gasteiger partial charge in [-0.15, -0.1) is 0 Å². The summed E-state index contributed by atoms with van der Waals surface area (Å²) in [6, 6.07) is -0.104. The maximum Gasteiger partial charge on any atom is 0.202 e. The third-order valence-corrected chi connectivity index (χ3v) is 1.63. The molecule has 1 atom stereocenters. The van der Waals surface area contributed by atoms with E-state index in [2.05, 4.69) is 16.8 Å². The molecule has 0 aliphatic carbocycles. The highest BCUT2D eigenvalue weighted by molar-refractivity contribution is 5.40. The van der Waals surface area contributed by atoms with Crippen LogP contribution < -0.4 is 11.5 Å². The Labute approximate surface area is 86.5 Å². The summed E-state index contributed by atoms with van der Waals surface area (Å²) in [4.78, 5) is 3.47. The molecule has 0 aliphatic rings. The molecule has 0 saturated heterocycles. The van der Waals surface area contributed by atoms with Gasteiger partial charge in [0, 0.05) is 18.7 Å². The number of pyridine rings is 1. The number of nitrogens with two attached hydrogens (primary N) is 2. The number of nitrogens with zero attached hydrogens (tertiary/aromatic N) is 1. The summed E-state index contributed by atoms with van der Waals surface area (Å²) >= 11 is 0. The second-order valence-corrected chi connectivity index (χ2v) is 3.17. The van der Waals surface area contributed by atoms with Crippen LogP contribution in [0.15, 0.2) is 6.20 Å². The van der Waals surface area contributed by atoms with Crippen LogP contribution in [0.25, 0.3) is 0 Å². The zero-order valence-electron chi connectivity index (χ0n) is 8.22. The van der Waals surface area contributed by atoms with Crippen molar-refractivity contribution in [2.24, 2.45) is 5.73 Å². The van der Waals surface area contributed by atoms with Gasteiger partial charge >= 0.3 is 0 Å². The molecule has 0 radical (unpaired) electrons. The standard InChI is InChI=1S/C10H11F2N3/c1-6(13)3-2-4-7-5-15-10(14)9(12)8(7)11/h5-6H,3,13H2,1H3,(H2,14,15)/t6-/m0/s1. The second kappa shape index (κ2) is 4.71. The lowest BCUT2D eigenvalue weighted by atomic mass is 10.2. The molecule has 0 aromatic carbocycles. The van der Waals surface area contributed by atoms with E-state index in [4.69, 9.17) is 11.5 Å². The van der Waals surface area contributed by atoms with Crippen LogP contribution in [0.5, 0.6) is 0 Å². The van der Waals surface area contributed by atoms with Gasteiger partial charge in [-0.1, -0.05) is 11.8 Å². The lowest BCUT2D eigenvalue weighted by molar-refractivity contribution is 0.506. The monoisotopic (exact) mass is 211 g/mol. The van der Waals surface area contributed by atoms with Crippen molar-refractivity contribution in [3.8, 4) is 11.8 Å². The topological polar surface area (TPSA) is 64.9 Å². The molecular weight excluding hydrogens is 200 g/mol. The molecule has 1 rings (SSSR count). The molecule has 1 heterocycles. The molecular formula is C10H11F2N3. The van der Waals surface area contributed by atoms with Gasteiger partial charge in [0.25, 0.3) is 0 Å². The van der Waals surface area contributed by atoms with Crippen molar-refractivity contribution in [1.82, 2.24) is 4.98 Å². The molecule has 0 fully saturated rings. The van der Waals surface area contributed by atoms with Crippen molar-refractivity contribution < 1.29 is 8.78 Å². The highest BCUT2D eigenvalue weighted by atomic mass is 19.2. The van der Waals surface area contributed by atoms with Crippen molar-refractivity contribution in [2.45, 2.75) is 19.4 Å². The van der Waals surface area contributed by atoms with Crippen molar-refractivity contribution in [1.29, 1.82) is 0 Å². The van der Waals surface area contributed by atoms with Crippen molar-refractivity contribution >= 4 is 5.82 Å². The summed E-state index contributed by atoms with van der Waals surface area (Å²) in [5, 5.41) is 0. The van der Waals surface area contributed by atoms with Gasteiger partial charge in [-0.05, 0) is 6.92 Å². The molecule has 1 aromatic heterocycles. The van der Waals surface area contributed by atoms with Gasteiger partial charge in [0.05, 0.1) is 5.56 Å². The normalized spacial score (nSPS) is 11.7. The van der Waals surface area contributed by atoms with E-state index in [0.717, 1.165) is 6.20 Å². The summed E-state index contributed by atoms with van der Waals surface area (Å²) in [6.07, 6.45) is 1.51. The molecule has 15 heavy (non-hydrogen) atoms. The van der Waals surface area contributed by atoms with Crippen molar-refractivity contribution in [2.75, 3.05) is 5.73 Å². The summed E-state index contributed by atoms with van der Waals surface area (Å²) < 4.78 is 26.1. The Morgan fingerprint density at radius 2 is 2.13 bits per heavy atom. The third-order valence-electron chi connectivity index (χ3n) is 1.63. The molecule has 0 aliphatic heterocycles. The van der Waals surface area contributed by atoms with Gasteiger partial charge in [0.1, 0.15) is 0 Å². The van der Waals surface area contributed by atoms with Crippen LogP contribution in [0.2, 0.25) is 0 Å². The number of nitrogen functional groups attached to an aromatic ring is 1. The van der Waals surface area contributed by atoms with Crippen molar-refractivity contribution in [3.63, 3.8) is 0 Å². The summed E-state index contributed by atoms with van der Waals surface area (Å²) in [5.74, 6) is 2.37. The van der Waals surface area contributed by atoms with E-state index < -0.39 is 17.5 Å². The fraction of sp³-hybridized carbons (Fsp3) is 0.300. The van der Waals surface area contributed by atoms with Crippen LogP contribution in [0.1, 0.15) is 18.9 Å². The van der Waals surface area contributed by atoms with Gasteiger partial charge in [-0.2, -0.15) is 4.39 Å². The van der Waals surface area contributed by atoms with Crippen LogP contribution in [0.3, 0.4) is 0 Å². The molecule has 0 bridgehead atoms. The third kappa shape index (κ3) is 2.89. The number of hydrogen-bond acceptors (Lipinski definition) is 3. The first-order chi connectivity index (χ1) is 7.02. The number of rotatable bonds is 1. The minimum Gasteiger partial charge on any atom is -0.381 e. The van der Waals surface area contributed by atoms with Crippen LogP contribution in [-0.4, -0.2) is 11.0 Å². The minimum atomic E-state index is -1.16. The fourth-order valence-electron chi connectivity index (χ4n) is 0.873. The molecule has 0 amide bonds. The molecule has 4 N–H and O–H groups in total. The Morgan fingerprint density at radius 1 is 1.47 bits per heavy atom. The van der Waals surface area contributed by atoms with Crippen LogP contribution >= 0.6 is 0 Å². The van der Waals surface area contributed by atoms with E-state index in [1.165, 1.54) is 0 Å². The number of hydrogen-bond donors (Lipinski definition) is 2. The van der Waals surface area contributed by atoms with Gasteiger partial charge in [0.2, 0.25) is 5.82 Å². The average Bonchev–Trinajstić information content (AvgIpc) is 2.18. The molecule has 5 heteroatoms. The first kappa shape index (κ1) is 11.4. The Hall–Kier alpha value is -1.67. The van der Waals surface area contributed by atoms with Gasteiger partial charge in [-0.3, -0.25) is 0 Å². The first-order valence-electron chi connectivity index (χ1n) is 4.36. The van der Waals surface area contributed by atoms with Gasteiger partial charge in [0.15, 0.2) is 11.6 Å². The Balaban J connectivity index is 2.95. The second-order valence-electron chi connectivity index (χ2n) is 3.17. The number of aromatic nitrogens is 1. The number of halogens is 2. The summed E-state index contributed by atoms with van der Waals surface area (Å²) in [6.45, 7) is 1.77. The average molecular weight is 211 g/mol. The Kier molecular flexibility index (Phi) is 3.58. The molecule has 1 aromatic rings. The van der Waals surface area contributed by atoms with E-state index in [0.29, 0.717) is 6.42 Å². The predicted molar refractivity (Wildman–Crippen MR) is 53.7 cm³/mol. The molecule has 0 spiro atoms. The SMILES string of the molecule is C[C@H](N)CC#Cc1cnc(N)c(F)c1F. The molecule has 80 valence electrons. The lowest BCUT2D eigenvalue weighted by Gasteiger charge is -1.99. The van der Waals surface area contributed by atoms with E-state index in [-0.39, 0.29) is 11.6 Å². The van der Waals surface area contributed by atoms with Crippen molar-refractivity contribution in [3.05, 3.63) is 23.4 Å². The largest absolute Gasteiger partial charge is 0.381 e. The fourth-order valence-corrected chi connectivity index (χ4v) is 0.873. The minimum absolute atomic E-state index is 0.104. The van der Waals surface area contributed by atoms with E-state index in [1.807, 2.05) is 0 Å². The predicted octanol–water partition coefficient (Wildman–Crippen LogP) is 1.03. The highest BCUT2D eigenvalue weighted by Gasteiger charge is 2.10. The quantitative estimate of drug-likeness (QED) is 0.682. The summed E-state index contributed by atoms with van der Waals surface area (Å²) in [5.41, 5.74) is 10.4. The van der Waals surface area contributed by atoms with E-state index >= 15 is 0 Å². The number of anilines is 1. The molecule has 0 saturated carbocycles. The molecule has 0 unspecified atom stereocenters. The highest BCUT2D eigenvalue weighted by Crippen LogP contribution is 2.13. The zero-order chi connectivity index (χ0) is 11.4. The lowest BCUT2D eigenvalue weighted by Crippen LogP contribution is -2.12. The maximum atomic E-state index is 13.2. The Bertz CT molecular complexity index is 419. The van der Waals surface area contributed by atoms with Crippen LogP contribution in [0, 0.1) is 23.5 Å². The molecule has 3 nitrogen and oxygen atoms in total. The summed E-state index contributed by atoms with van der Waals surface area (Å²) in [7, 11) is 0. The maximum absolute atomic E-state index is 13.2. The van der Waals surface area contributed by atoms with Gasteiger partial charge < -0.3 is 11.5 Å². The smallest absolute Gasteiger partial charge is 0.202 e. The Morgan fingerprint density at radius 3 is 2.73 bits per heavy atom. The van der Waals surface area contributed by atoms with Crippen LogP contribution in [0.4, 0.5) is 14.6 Å². The van der Waals surface area contributed by atoms with E-state index in [1.54, 1.807) is 6.92 Å². The van der Waals surface area contributed by atoms with Gasteiger partial charge in [-0.25, -0.2) is 9.37 Å². The first-order valence-corrected chi connectivity index (χ1v) is 4.36. The zero-order valence-corrected chi connectivity index (χ0v) is 8.22. The van der Waals surface area contributed by atoms with E-state index in [9.17, 15) is 8.78 Å².